The first-order valence-electron chi connectivity index (χ1n) is 5.32. The van der Waals surface area contributed by atoms with Gasteiger partial charge in [0.1, 0.15) is 5.82 Å². The average Bonchev–Trinajstić information content (AvgIpc) is 2.68. The number of likely N-dealkylation sites (tertiary alicyclic amines) is 1. The van der Waals surface area contributed by atoms with Crippen molar-refractivity contribution in [3.05, 3.63) is 30.1 Å². The van der Waals surface area contributed by atoms with E-state index in [1.165, 1.54) is 12.1 Å². The molecule has 3 nitrogen and oxygen atoms in total. The summed E-state index contributed by atoms with van der Waals surface area (Å²) in [6, 6.07) is 6.94. The lowest BCUT2D eigenvalue weighted by molar-refractivity contribution is -0.119. The fourth-order valence-electron chi connectivity index (χ4n) is 1.90. The van der Waals surface area contributed by atoms with Crippen LogP contribution in [0.1, 0.15) is 6.42 Å². The molecule has 0 bridgehead atoms. The molecule has 1 aromatic rings. The van der Waals surface area contributed by atoms with Crippen LogP contribution in [0.4, 0.5) is 10.1 Å². The van der Waals surface area contributed by atoms with Gasteiger partial charge in [-0.3, -0.25) is 4.79 Å². The second kappa shape index (κ2) is 4.61. The van der Waals surface area contributed by atoms with Gasteiger partial charge in [0.25, 0.3) is 0 Å². The van der Waals surface area contributed by atoms with E-state index in [9.17, 15) is 9.18 Å². The first-order valence-corrected chi connectivity index (χ1v) is 5.32. The van der Waals surface area contributed by atoms with E-state index in [4.69, 9.17) is 0 Å². The van der Waals surface area contributed by atoms with Crippen LogP contribution in [-0.4, -0.2) is 30.9 Å². The standard InChI is InChI=1S/C12H14FN2O/c1-15-7-6-9(8-15)12(16)14-11-5-3-2-4-10(11)13/h3-5,9H,6-8H2,1H3,(H,14,16). The van der Waals surface area contributed by atoms with Crippen LogP contribution in [0.2, 0.25) is 0 Å². The van der Waals surface area contributed by atoms with Gasteiger partial charge in [-0.05, 0) is 38.2 Å². The van der Waals surface area contributed by atoms with E-state index in [0.29, 0.717) is 0 Å². The largest absolute Gasteiger partial charge is 0.323 e. The Morgan fingerprint density at radius 3 is 3.12 bits per heavy atom. The van der Waals surface area contributed by atoms with E-state index in [1.807, 2.05) is 7.05 Å². The maximum absolute atomic E-state index is 13.3. The van der Waals surface area contributed by atoms with Crippen LogP contribution >= 0.6 is 0 Å². The Hall–Kier alpha value is -1.42. The summed E-state index contributed by atoms with van der Waals surface area (Å²) < 4.78 is 13.3. The molecule has 1 saturated heterocycles. The number of hydrogen-bond donors (Lipinski definition) is 1. The lowest BCUT2D eigenvalue weighted by Gasteiger charge is -2.11. The summed E-state index contributed by atoms with van der Waals surface area (Å²) in [4.78, 5) is 13.9. The van der Waals surface area contributed by atoms with Gasteiger partial charge in [-0.1, -0.05) is 6.07 Å². The molecular formula is C12H14FN2O. The topological polar surface area (TPSA) is 32.3 Å². The van der Waals surface area contributed by atoms with E-state index in [-0.39, 0.29) is 17.5 Å². The molecule has 1 aromatic carbocycles. The van der Waals surface area contributed by atoms with E-state index >= 15 is 0 Å². The zero-order valence-electron chi connectivity index (χ0n) is 9.16. The number of nitrogens with zero attached hydrogens (tertiary/aromatic N) is 1. The van der Waals surface area contributed by atoms with Crippen LogP contribution in [0.5, 0.6) is 0 Å². The van der Waals surface area contributed by atoms with Crippen molar-refractivity contribution in [3.63, 3.8) is 0 Å². The monoisotopic (exact) mass is 221 g/mol. The molecule has 0 spiro atoms. The van der Waals surface area contributed by atoms with Crippen molar-refractivity contribution >= 4 is 11.6 Å². The maximum atomic E-state index is 13.3. The first-order chi connectivity index (χ1) is 7.66. The number of amides is 1. The van der Waals surface area contributed by atoms with Gasteiger partial charge in [0.2, 0.25) is 5.91 Å². The molecule has 1 N–H and O–H groups in total. The van der Waals surface area contributed by atoms with Gasteiger partial charge >= 0.3 is 0 Å². The number of anilines is 1. The summed E-state index contributed by atoms with van der Waals surface area (Å²) in [5.41, 5.74) is 0.235. The maximum Gasteiger partial charge on any atom is 0.228 e. The highest BCUT2D eigenvalue weighted by molar-refractivity contribution is 5.92. The molecule has 4 heteroatoms. The third-order valence-corrected chi connectivity index (χ3v) is 2.83. The number of carbonyl (C=O) groups excluding carboxylic acids is 1. The molecule has 1 fully saturated rings. The van der Waals surface area contributed by atoms with Crippen LogP contribution in [0.3, 0.4) is 0 Å². The van der Waals surface area contributed by atoms with Crippen molar-refractivity contribution in [1.29, 1.82) is 0 Å². The van der Waals surface area contributed by atoms with Crippen molar-refractivity contribution < 1.29 is 9.18 Å². The van der Waals surface area contributed by atoms with Gasteiger partial charge in [0.05, 0.1) is 11.6 Å². The van der Waals surface area contributed by atoms with Crippen LogP contribution in [-0.2, 0) is 4.79 Å². The van der Waals surface area contributed by atoms with Crippen molar-refractivity contribution in [3.8, 4) is 0 Å². The van der Waals surface area contributed by atoms with Gasteiger partial charge in [-0.15, -0.1) is 0 Å². The molecule has 0 aliphatic carbocycles. The summed E-state index contributed by atoms with van der Waals surface area (Å²) in [6.07, 6.45) is 0.836. The van der Waals surface area contributed by atoms with Gasteiger partial charge in [0.15, 0.2) is 0 Å². The molecule has 0 saturated carbocycles. The Bertz CT molecular complexity index is 394. The number of carbonyl (C=O) groups is 1. The Morgan fingerprint density at radius 2 is 2.50 bits per heavy atom. The fraction of sp³-hybridized carbons (Fsp3) is 0.417. The van der Waals surface area contributed by atoms with Gasteiger partial charge in [-0.25, -0.2) is 4.39 Å². The Kier molecular flexibility index (Phi) is 3.19. The third kappa shape index (κ3) is 2.39. The molecule has 1 radical (unpaired) electrons. The van der Waals surface area contributed by atoms with Crippen LogP contribution in [0.15, 0.2) is 18.2 Å². The minimum atomic E-state index is -0.442. The zero-order valence-corrected chi connectivity index (χ0v) is 9.16. The van der Waals surface area contributed by atoms with Crippen LogP contribution < -0.4 is 5.32 Å². The molecule has 1 amide bonds. The van der Waals surface area contributed by atoms with E-state index in [1.54, 1.807) is 6.07 Å². The van der Waals surface area contributed by atoms with Gasteiger partial charge < -0.3 is 10.2 Å². The summed E-state index contributed by atoms with van der Waals surface area (Å²) in [7, 11) is 1.98. The predicted molar refractivity (Wildman–Crippen MR) is 59.5 cm³/mol. The quantitative estimate of drug-likeness (QED) is 0.821. The minimum Gasteiger partial charge on any atom is -0.323 e. The van der Waals surface area contributed by atoms with Gasteiger partial charge in [0, 0.05) is 6.54 Å². The van der Waals surface area contributed by atoms with Crippen LogP contribution in [0, 0.1) is 17.8 Å². The second-order valence-corrected chi connectivity index (χ2v) is 4.14. The number of benzene rings is 1. The van der Waals surface area contributed by atoms with Crippen molar-refractivity contribution in [2.75, 3.05) is 25.5 Å². The number of rotatable bonds is 2. The highest BCUT2D eigenvalue weighted by Gasteiger charge is 2.26. The summed E-state index contributed by atoms with van der Waals surface area (Å²) in [5.74, 6) is -0.578. The van der Waals surface area contributed by atoms with Crippen molar-refractivity contribution in [2.45, 2.75) is 6.42 Å². The molecule has 1 aliphatic rings. The molecule has 1 unspecified atom stereocenters. The molecular weight excluding hydrogens is 207 g/mol. The zero-order chi connectivity index (χ0) is 11.5. The molecule has 2 rings (SSSR count). The molecule has 1 heterocycles. The third-order valence-electron chi connectivity index (χ3n) is 2.83. The summed E-state index contributed by atoms with van der Waals surface area (Å²) in [5, 5.41) is 2.61. The van der Waals surface area contributed by atoms with E-state index < -0.39 is 5.82 Å². The molecule has 16 heavy (non-hydrogen) atoms. The normalized spacial score (nSPS) is 21.0. The predicted octanol–water partition coefficient (Wildman–Crippen LogP) is 1.52. The fourth-order valence-corrected chi connectivity index (χ4v) is 1.90. The van der Waals surface area contributed by atoms with E-state index in [0.717, 1.165) is 19.5 Å². The van der Waals surface area contributed by atoms with Crippen molar-refractivity contribution in [2.24, 2.45) is 5.92 Å². The Labute approximate surface area is 94.3 Å². The number of nitrogens with one attached hydrogen (secondary N) is 1. The van der Waals surface area contributed by atoms with E-state index in [2.05, 4.69) is 16.3 Å². The second-order valence-electron chi connectivity index (χ2n) is 4.14. The highest BCUT2D eigenvalue weighted by atomic mass is 19.1. The highest BCUT2D eigenvalue weighted by Crippen LogP contribution is 2.18. The van der Waals surface area contributed by atoms with Crippen molar-refractivity contribution in [1.82, 2.24) is 4.90 Å². The summed E-state index contributed by atoms with van der Waals surface area (Å²) >= 11 is 0. The Morgan fingerprint density at radius 1 is 1.69 bits per heavy atom. The number of halogens is 1. The average molecular weight is 221 g/mol. The smallest absolute Gasteiger partial charge is 0.228 e. The van der Waals surface area contributed by atoms with Crippen LogP contribution in [0.25, 0.3) is 0 Å². The molecule has 85 valence electrons. The SMILES string of the molecule is CN1CCC(C(=O)Nc2cc[c]cc2F)C1. The van der Waals surface area contributed by atoms with Gasteiger partial charge in [-0.2, -0.15) is 0 Å². The molecule has 1 aliphatic heterocycles. The summed E-state index contributed by atoms with van der Waals surface area (Å²) in [6.45, 7) is 1.66. The minimum absolute atomic E-state index is 0.0337. The molecule has 1 atom stereocenters. The number of hydrogen-bond acceptors (Lipinski definition) is 2. The molecule has 0 aromatic heterocycles. The lowest BCUT2D eigenvalue weighted by atomic mass is 10.1. The Balaban J connectivity index is 2.00. The lowest BCUT2D eigenvalue weighted by Crippen LogP contribution is -2.25. The first kappa shape index (κ1) is 11.1.